The molecule has 3 aromatic rings. The molecule has 0 aromatic heterocycles. The van der Waals surface area contributed by atoms with Crippen molar-refractivity contribution in [3.8, 4) is 0 Å². The van der Waals surface area contributed by atoms with Gasteiger partial charge in [-0.25, -0.2) is 8.42 Å². The molecular formula is C23H21ClN2O3S. The van der Waals surface area contributed by atoms with Gasteiger partial charge in [0.25, 0.3) is 10.0 Å². The fraction of sp³-hybridized carbons (Fsp3) is 0.174. The second-order valence-corrected chi connectivity index (χ2v) is 9.60. The lowest BCUT2D eigenvalue weighted by molar-refractivity contribution is -0.117. The van der Waals surface area contributed by atoms with Crippen LogP contribution in [0.25, 0.3) is 0 Å². The molecule has 0 unspecified atom stereocenters. The van der Waals surface area contributed by atoms with Crippen LogP contribution in [0.3, 0.4) is 0 Å². The lowest BCUT2D eigenvalue weighted by atomic mass is 10.1. The number of aryl methyl sites for hydroxylation is 1. The van der Waals surface area contributed by atoms with Gasteiger partial charge in [0.05, 0.1) is 4.90 Å². The number of nitrogens with one attached hydrogen (secondary N) is 2. The van der Waals surface area contributed by atoms with Crippen molar-refractivity contribution in [3.63, 3.8) is 0 Å². The van der Waals surface area contributed by atoms with E-state index < -0.39 is 10.0 Å². The largest absolute Gasteiger partial charge is 0.326 e. The highest BCUT2D eigenvalue weighted by Gasteiger charge is 2.43. The van der Waals surface area contributed by atoms with Crippen LogP contribution in [0.4, 0.5) is 11.4 Å². The molecule has 5 nitrogen and oxygen atoms in total. The Kier molecular flexibility index (Phi) is 5.54. The predicted octanol–water partition coefficient (Wildman–Crippen LogP) is 5.19. The van der Waals surface area contributed by atoms with Crippen molar-refractivity contribution in [2.45, 2.75) is 24.2 Å². The summed E-state index contributed by atoms with van der Waals surface area (Å²) in [5.41, 5.74) is 3.16. The number of carbonyl (C=O) groups is 1. The normalized spacial score (nSPS) is 17.9. The molecule has 2 atom stereocenters. The van der Waals surface area contributed by atoms with Gasteiger partial charge in [0.2, 0.25) is 5.91 Å². The lowest BCUT2D eigenvalue weighted by Gasteiger charge is -2.10. The topological polar surface area (TPSA) is 75.3 Å². The van der Waals surface area contributed by atoms with Crippen molar-refractivity contribution < 1.29 is 13.2 Å². The van der Waals surface area contributed by atoms with E-state index in [1.165, 1.54) is 0 Å². The monoisotopic (exact) mass is 440 g/mol. The van der Waals surface area contributed by atoms with Crippen molar-refractivity contribution in [2.75, 3.05) is 10.0 Å². The average molecular weight is 441 g/mol. The molecule has 2 N–H and O–H groups in total. The van der Waals surface area contributed by atoms with E-state index >= 15 is 0 Å². The number of amides is 1. The van der Waals surface area contributed by atoms with E-state index in [2.05, 4.69) is 10.0 Å². The minimum absolute atomic E-state index is 0.0389. The van der Waals surface area contributed by atoms with Gasteiger partial charge in [0.15, 0.2) is 0 Å². The maximum atomic E-state index is 12.5. The maximum absolute atomic E-state index is 12.5. The number of sulfonamides is 1. The van der Waals surface area contributed by atoms with E-state index in [-0.39, 0.29) is 22.6 Å². The Morgan fingerprint density at radius 3 is 2.13 bits per heavy atom. The number of benzene rings is 3. The fourth-order valence-corrected chi connectivity index (χ4v) is 4.54. The van der Waals surface area contributed by atoms with Crippen molar-refractivity contribution in [1.82, 2.24) is 0 Å². The number of halogens is 1. The van der Waals surface area contributed by atoms with E-state index in [1.54, 1.807) is 48.5 Å². The van der Waals surface area contributed by atoms with Crippen molar-refractivity contribution >= 4 is 38.9 Å². The maximum Gasteiger partial charge on any atom is 0.261 e. The molecule has 4 rings (SSSR count). The van der Waals surface area contributed by atoms with Gasteiger partial charge in [-0.15, -0.1) is 0 Å². The molecular weight excluding hydrogens is 420 g/mol. The zero-order valence-corrected chi connectivity index (χ0v) is 17.9. The molecule has 0 radical (unpaired) electrons. The Labute approximate surface area is 181 Å². The molecule has 0 bridgehead atoms. The Morgan fingerprint density at radius 2 is 1.50 bits per heavy atom. The van der Waals surface area contributed by atoms with Gasteiger partial charge in [-0.3, -0.25) is 9.52 Å². The molecule has 7 heteroatoms. The van der Waals surface area contributed by atoms with Gasteiger partial charge >= 0.3 is 0 Å². The summed E-state index contributed by atoms with van der Waals surface area (Å²) in [5, 5.41) is 3.58. The summed E-state index contributed by atoms with van der Waals surface area (Å²) in [6.45, 7) is 1.90. The number of rotatable bonds is 6. The summed E-state index contributed by atoms with van der Waals surface area (Å²) >= 11 is 5.91. The van der Waals surface area contributed by atoms with Crippen LogP contribution in [-0.2, 0) is 14.8 Å². The fourth-order valence-electron chi connectivity index (χ4n) is 3.35. The number of carbonyl (C=O) groups excluding carboxylic acids is 1. The SMILES string of the molecule is Cc1ccc(S(=O)(=O)Nc2ccc(NC(=O)[C@@H]3C[C@@H]3c3ccc(Cl)cc3)cc2)cc1. The summed E-state index contributed by atoms with van der Waals surface area (Å²) in [5.74, 6) is 0.108. The Bertz CT molecular complexity index is 1160. The molecule has 3 aromatic carbocycles. The second-order valence-electron chi connectivity index (χ2n) is 7.49. The summed E-state index contributed by atoms with van der Waals surface area (Å²) in [6, 6.07) is 20.8. The van der Waals surface area contributed by atoms with E-state index in [0.29, 0.717) is 16.4 Å². The minimum atomic E-state index is -3.66. The molecule has 1 aliphatic carbocycles. The molecule has 1 amide bonds. The van der Waals surface area contributed by atoms with Crippen LogP contribution in [0, 0.1) is 12.8 Å². The van der Waals surface area contributed by atoms with E-state index in [4.69, 9.17) is 11.6 Å². The first-order chi connectivity index (χ1) is 14.3. The van der Waals surface area contributed by atoms with Crippen molar-refractivity contribution in [1.29, 1.82) is 0 Å². The van der Waals surface area contributed by atoms with E-state index in [9.17, 15) is 13.2 Å². The zero-order chi connectivity index (χ0) is 21.3. The molecule has 1 fully saturated rings. The van der Waals surface area contributed by atoms with Gasteiger partial charge in [0, 0.05) is 22.3 Å². The molecule has 0 aliphatic heterocycles. The summed E-state index contributed by atoms with van der Waals surface area (Å²) in [7, 11) is -3.66. The van der Waals surface area contributed by atoms with Gasteiger partial charge in [0.1, 0.15) is 0 Å². The predicted molar refractivity (Wildman–Crippen MR) is 119 cm³/mol. The Hall–Kier alpha value is -2.83. The van der Waals surface area contributed by atoms with Crippen LogP contribution in [0.15, 0.2) is 77.7 Å². The van der Waals surface area contributed by atoms with Crippen molar-refractivity contribution in [2.24, 2.45) is 5.92 Å². The second kappa shape index (κ2) is 8.13. The molecule has 1 saturated carbocycles. The van der Waals surface area contributed by atoms with Crippen molar-refractivity contribution in [3.05, 3.63) is 88.9 Å². The number of hydrogen-bond acceptors (Lipinski definition) is 3. The van der Waals surface area contributed by atoms with Gasteiger partial charge in [-0.2, -0.15) is 0 Å². The third-order valence-electron chi connectivity index (χ3n) is 5.16. The van der Waals surface area contributed by atoms with Crippen LogP contribution in [0.1, 0.15) is 23.5 Å². The highest BCUT2D eigenvalue weighted by atomic mass is 35.5. The average Bonchev–Trinajstić information content (AvgIpc) is 3.51. The summed E-state index contributed by atoms with van der Waals surface area (Å²) in [4.78, 5) is 12.7. The first-order valence-corrected chi connectivity index (χ1v) is 11.4. The first-order valence-electron chi connectivity index (χ1n) is 9.58. The number of hydrogen-bond donors (Lipinski definition) is 2. The van der Waals surface area contributed by atoms with Crippen LogP contribution in [0.5, 0.6) is 0 Å². The molecule has 0 heterocycles. The standard InChI is InChI=1S/C23H21ClN2O3S/c1-15-2-12-20(13-3-15)30(28,29)26-19-10-8-18(9-11-19)25-23(27)22-14-21(22)16-4-6-17(24)7-5-16/h2-13,21-22,26H,14H2,1H3,(H,25,27)/t21-,22-/m1/s1. The van der Waals surface area contributed by atoms with E-state index in [0.717, 1.165) is 17.5 Å². The third kappa shape index (κ3) is 4.66. The highest BCUT2D eigenvalue weighted by Crippen LogP contribution is 2.48. The van der Waals surface area contributed by atoms with E-state index in [1.807, 2.05) is 31.2 Å². The highest BCUT2D eigenvalue weighted by molar-refractivity contribution is 7.92. The quantitative estimate of drug-likeness (QED) is 0.553. The van der Waals surface area contributed by atoms with Gasteiger partial charge in [-0.1, -0.05) is 41.4 Å². The molecule has 0 saturated heterocycles. The molecule has 154 valence electrons. The van der Waals surface area contributed by atoms with Gasteiger partial charge in [-0.05, 0) is 73.4 Å². The minimum Gasteiger partial charge on any atom is -0.326 e. The summed E-state index contributed by atoms with van der Waals surface area (Å²) < 4.78 is 27.5. The van der Waals surface area contributed by atoms with Crippen LogP contribution in [-0.4, -0.2) is 14.3 Å². The Morgan fingerprint density at radius 1 is 0.900 bits per heavy atom. The summed E-state index contributed by atoms with van der Waals surface area (Å²) in [6.07, 6.45) is 0.807. The zero-order valence-electron chi connectivity index (χ0n) is 16.3. The molecule has 0 spiro atoms. The molecule has 1 aliphatic rings. The van der Waals surface area contributed by atoms with Crippen LogP contribution < -0.4 is 10.0 Å². The van der Waals surface area contributed by atoms with Crippen LogP contribution in [0.2, 0.25) is 5.02 Å². The smallest absolute Gasteiger partial charge is 0.261 e. The lowest BCUT2D eigenvalue weighted by Crippen LogP contribution is -2.15. The first kappa shape index (κ1) is 20.4. The number of anilines is 2. The Balaban J connectivity index is 1.36. The molecule has 30 heavy (non-hydrogen) atoms. The third-order valence-corrected chi connectivity index (χ3v) is 6.81. The van der Waals surface area contributed by atoms with Crippen LogP contribution >= 0.6 is 11.6 Å². The van der Waals surface area contributed by atoms with Gasteiger partial charge < -0.3 is 5.32 Å².